The van der Waals surface area contributed by atoms with E-state index in [0.29, 0.717) is 12.0 Å². The van der Waals surface area contributed by atoms with E-state index in [1.54, 1.807) is 12.1 Å². The van der Waals surface area contributed by atoms with Gasteiger partial charge in [-0.2, -0.15) is 0 Å². The van der Waals surface area contributed by atoms with Gasteiger partial charge in [-0.25, -0.2) is 4.79 Å². The van der Waals surface area contributed by atoms with Gasteiger partial charge in [0.1, 0.15) is 12.0 Å². The molecule has 22 heavy (non-hydrogen) atoms. The highest BCUT2D eigenvalue weighted by Crippen LogP contribution is 2.67. The Hall–Kier alpha value is -2.17. The smallest absolute Gasteiger partial charge is 0.348 e. The zero-order chi connectivity index (χ0) is 15.7. The highest BCUT2D eigenvalue weighted by molar-refractivity contribution is 6.20. The largest absolute Gasteiger partial charge is 0.462 e. The quantitative estimate of drug-likeness (QED) is 0.616. The number of rotatable bonds is 2. The molecule has 0 bridgehead atoms. The van der Waals surface area contributed by atoms with Gasteiger partial charge in [0.2, 0.25) is 6.10 Å². The number of esters is 2. The van der Waals surface area contributed by atoms with Crippen LogP contribution in [0.2, 0.25) is 0 Å². The fourth-order valence-corrected chi connectivity index (χ4v) is 3.60. The number of hydrogen-bond donors (Lipinski definition) is 0. The van der Waals surface area contributed by atoms with E-state index in [1.165, 1.54) is 0 Å². The van der Waals surface area contributed by atoms with Crippen molar-refractivity contribution in [3.05, 3.63) is 35.4 Å². The van der Waals surface area contributed by atoms with Crippen LogP contribution in [0.1, 0.15) is 42.1 Å². The number of cyclic esters (lactones) is 1. The molecule has 1 aromatic rings. The molecule has 0 aromatic heterocycles. The summed E-state index contributed by atoms with van der Waals surface area (Å²) in [6, 6.07) is 7.28. The number of carbonyl (C=O) groups is 3. The average molecular weight is 300 g/mol. The number of carbonyl (C=O) groups excluding carboxylic acids is 3. The van der Waals surface area contributed by atoms with Crippen molar-refractivity contribution in [3.63, 3.8) is 0 Å². The van der Waals surface area contributed by atoms with Crippen molar-refractivity contribution in [3.8, 4) is 0 Å². The van der Waals surface area contributed by atoms with Gasteiger partial charge in [-0.3, -0.25) is 9.59 Å². The van der Waals surface area contributed by atoms with E-state index in [4.69, 9.17) is 9.47 Å². The molecule has 3 aliphatic rings. The standard InChI is InChI=1S/C17H16O5/c1-16(2)8-21-14(19)13(16)22-15(20)17-7-11(17)9-5-3-4-6-10(9)12(17)18/h3-6,11,13H,7-8H2,1-2H3/t11?,13-,17?/m0/s1. The third-order valence-electron chi connectivity index (χ3n) is 5.05. The molecule has 1 heterocycles. The molecule has 1 aliphatic heterocycles. The van der Waals surface area contributed by atoms with Crippen LogP contribution in [0.25, 0.3) is 0 Å². The Morgan fingerprint density at radius 3 is 2.64 bits per heavy atom. The van der Waals surface area contributed by atoms with Gasteiger partial charge in [-0.1, -0.05) is 38.1 Å². The third-order valence-corrected chi connectivity index (χ3v) is 5.05. The van der Waals surface area contributed by atoms with E-state index >= 15 is 0 Å². The SMILES string of the molecule is CC1(C)COC(=O)[C@@H]1OC(=O)C12CC1c1ccccc1C2=O. The molecule has 2 fully saturated rings. The number of ketones is 1. The number of Topliss-reactive ketones (excluding diaryl/α,β-unsaturated/α-hetero) is 1. The Kier molecular flexibility index (Phi) is 2.43. The topological polar surface area (TPSA) is 69.7 Å². The minimum absolute atomic E-state index is 0.107. The van der Waals surface area contributed by atoms with Crippen LogP contribution in [-0.2, 0) is 19.1 Å². The highest BCUT2D eigenvalue weighted by Gasteiger charge is 2.72. The molecule has 3 atom stereocenters. The van der Waals surface area contributed by atoms with Crippen molar-refractivity contribution in [2.45, 2.75) is 32.3 Å². The Labute approximate surface area is 127 Å². The Morgan fingerprint density at radius 1 is 1.27 bits per heavy atom. The van der Waals surface area contributed by atoms with E-state index in [2.05, 4.69) is 0 Å². The summed E-state index contributed by atoms with van der Waals surface area (Å²) in [5.41, 5.74) is -0.160. The summed E-state index contributed by atoms with van der Waals surface area (Å²) in [5.74, 6) is -1.41. The zero-order valence-corrected chi connectivity index (χ0v) is 12.4. The zero-order valence-electron chi connectivity index (χ0n) is 12.4. The molecule has 0 radical (unpaired) electrons. The first-order chi connectivity index (χ1) is 10.4. The molecule has 1 saturated heterocycles. The molecule has 5 heteroatoms. The van der Waals surface area contributed by atoms with Crippen LogP contribution in [0.3, 0.4) is 0 Å². The number of hydrogen-bond acceptors (Lipinski definition) is 5. The predicted molar refractivity (Wildman–Crippen MR) is 75.2 cm³/mol. The fraction of sp³-hybridized carbons (Fsp3) is 0.471. The number of ether oxygens (including phenoxy) is 2. The molecule has 114 valence electrons. The molecule has 1 aromatic carbocycles. The van der Waals surface area contributed by atoms with Crippen LogP contribution in [0.15, 0.2) is 24.3 Å². The van der Waals surface area contributed by atoms with Crippen LogP contribution in [0.5, 0.6) is 0 Å². The van der Waals surface area contributed by atoms with Crippen molar-refractivity contribution in [2.75, 3.05) is 6.61 Å². The summed E-state index contributed by atoms with van der Waals surface area (Å²) in [5, 5.41) is 0. The first-order valence-corrected chi connectivity index (χ1v) is 7.39. The summed E-state index contributed by atoms with van der Waals surface area (Å²) in [6.07, 6.45) is -0.462. The maximum Gasteiger partial charge on any atom is 0.348 e. The van der Waals surface area contributed by atoms with Gasteiger partial charge in [0.05, 0.1) is 0 Å². The number of fused-ring (bicyclic) bond motifs is 3. The predicted octanol–water partition coefficient (Wildman–Crippen LogP) is 1.85. The lowest BCUT2D eigenvalue weighted by molar-refractivity contribution is -0.166. The van der Waals surface area contributed by atoms with E-state index in [-0.39, 0.29) is 18.3 Å². The summed E-state index contributed by atoms with van der Waals surface area (Å²) in [6.45, 7) is 3.83. The third kappa shape index (κ3) is 1.51. The monoisotopic (exact) mass is 300 g/mol. The minimum atomic E-state index is -1.11. The molecule has 0 N–H and O–H groups in total. The van der Waals surface area contributed by atoms with Crippen LogP contribution < -0.4 is 0 Å². The van der Waals surface area contributed by atoms with Crippen LogP contribution in [0, 0.1) is 10.8 Å². The van der Waals surface area contributed by atoms with Crippen molar-refractivity contribution in [1.29, 1.82) is 0 Å². The van der Waals surface area contributed by atoms with Crippen molar-refractivity contribution in [2.24, 2.45) is 10.8 Å². The second-order valence-electron chi connectivity index (χ2n) is 7.03. The van der Waals surface area contributed by atoms with Crippen molar-refractivity contribution in [1.82, 2.24) is 0 Å². The lowest BCUT2D eigenvalue weighted by Crippen LogP contribution is -2.39. The molecular weight excluding hydrogens is 284 g/mol. The fourth-order valence-electron chi connectivity index (χ4n) is 3.60. The summed E-state index contributed by atoms with van der Waals surface area (Å²) >= 11 is 0. The molecule has 5 nitrogen and oxygen atoms in total. The summed E-state index contributed by atoms with van der Waals surface area (Å²) in [7, 11) is 0. The van der Waals surface area contributed by atoms with Gasteiger partial charge in [-0.05, 0) is 12.0 Å². The van der Waals surface area contributed by atoms with Gasteiger partial charge in [-0.15, -0.1) is 0 Å². The van der Waals surface area contributed by atoms with E-state index < -0.39 is 28.9 Å². The first kappa shape index (κ1) is 13.5. The van der Waals surface area contributed by atoms with E-state index in [0.717, 1.165) is 5.56 Å². The van der Waals surface area contributed by atoms with Gasteiger partial charge in [0.15, 0.2) is 5.78 Å². The summed E-state index contributed by atoms with van der Waals surface area (Å²) < 4.78 is 10.4. The molecule has 1 saturated carbocycles. The molecule has 2 aliphatic carbocycles. The summed E-state index contributed by atoms with van der Waals surface area (Å²) in [4.78, 5) is 37.0. The molecule has 0 amide bonds. The van der Waals surface area contributed by atoms with Crippen LogP contribution >= 0.6 is 0 Å². The van der Waals surface area contributed by atoms with Gasteiger partial charge < -0.3 is 9.47 Å². The molecule has 2 unspecified atom stereocenters. The van der Waals surface area contributed by atoms with Gasteiger partial charge in [0, 0.05) is 16.9 Å². The maximum atomic E-state index is 12.6. The highest BCUT2D eigenvalue weighted by atomic mass is 16.6. The maximum absolute atomic E-state index is 12.6. The molecule has 4 rings (SSSR count). The molecule has 0 spiro atoms. The minimum Gasteiger partial charge on any atom is -0.462 e. The second-order valence-corrected chi connectivity index (χ2v) is 7.03. The lowest BCUT2D eigenvalue weighted by Gasteiger charge is -2.23. The van der Waals surface area contributed by atoms with Gasteiger partial charge >= 0.3 is 11.9 Å². The Balaban J connectivity index is 1.61. The Morgan fingerprint density at radius 2 is 2.00 bits per heavy atom. The van der Waals surface area contributed by atoms with Crippen molar-refractivity contribution >= 4 is 17.7 Å². The Bertz CT molecular complexity index is 720. The lowest BCUT2D eigenvalue weighted by atomic mass is 9.89. The molecular formula is C17H16O5. The van der Waals surface area contributed by atoms with E-state index in [9.17, 15) is 14.4 Å². The van der Waals surface area contributed by atoms with Crippen LogP contribution in [-0.4, -0.2) is 30.4 Å². The second kappa shape index (κ2) is 3.97. The normalized spacial score (nSPS) is 33.9. The number of benzene rings is 1. The van der Waals surface area contributed by atoms with E-state index in [1.807, 2.05) is 26.0 Å². The first-order valence-electron chi connectivity index (χ1n) is 7.39. The van der Waals surface area contributed by atoms with Crippen molar-refractivity contribution < 1.29 is 23.9 Å². The van der Waals surface area contributed by atoms with Gasteiger partial charge in [0.25, 0.3) is 0 Å². The van der Waals surface area contributed by atoms with Crippen LogP contribution in [0.4, 0.5) is 0 Å². The average Bonchev–Trinajstić information content (AvgIpc) is 3.14.